The molecule has 0 unspecified atom stereocenters. The van der Waals surface area contributed by atoms with Gasteiger partial charge in [-0.1, -0.05) is 12.8 Å². The summed E-state index contributed by atoms with van der Waals surface area (Å²) in [6, 6.07) is 0. The molecule has 0 aromatic carbocycles. The van der Waals surface area contributed by atoms with Crippen LogP contribution in [0.1, 0.15) is 50.8 Å². The second-order valence-corrected chi connectivity index (χ2v) is 6.06. The summed E-state index contributed by atoms with van der Waals surface area (Å²) in [5.41, 5.74) is 5.55. The summed E-state index contributed by atoms with van der Waals surface area (Å²) in [5.74, 6) is 2.09. The van der Waals surface area contributed by atoms with Gasteiger partial charge in [0.2, 0.25) is 0 Å². The minimum atomic E-state index is 0.856. The molecule has 0 aliphatic carbocycles. The molecule has 2 rings (SSSR count). The normalized spacial score (nSPS) is 17.6. The number of hydrogen-bond donors (Lipinski definition) is 2. The van der Waals surface area contributed by atoms with Crippen LogP contribution < -0.4 is 5.73 Å². The van der Waals surface area contributed by atoms with Crippen LogP contribution >= 0.6 is 0 Å². The second kappa shape index (κ2) is 9.14. The van der Waals surface area contributed by atoms with Crippen molar-refractivity contribution in [3.8, 4) is 0 Å². The zero-order valence-corrected chi connectivity index (χ0v) is 12.7. The van der Waals surface area contributed by atoms with Crippen LogP contribution in [0.25, 0.3) is 0 Å². The molecule has 3 N–H and O–H groups in total. The number of nitrogens with two attached hydrogens (primary N) is 1. The molecule has 0 bridgehead atoms. The number of H-pyrrole nitrogens is 1. The van der Waals surface area contributed by atoms with Crippen LogP contribution in [0.2, 0.25) is 0 Å². The van der Waals surface area contributed by atoms with Gasteiger partial charge in [0.1, 0.15) is 5.82 Å². The summed E-state index contributed by atoms with van der Waals surface area (Å²) in [6.07, 6.45) is 14.1. The Morgan fingerprint density at radius 1 is 1.20 bits per heavy atom. The number of rotatable bonds is 9. The Labute approximate surface area is 123 Å². The average Bonchev–Trinajstić information content (AvgIpc) is 2.99. The number of unbranched alkanes of at least 4 members (excludes halogenated alkanes) is 2. The highest BCUT2D eigenvalue weighted by Crippen LogP contribution is 2.22. The molecule has 4 heteroatoms. The van der Waals surface area contributed by atoms with Crippen molar-refractivity contribution >= 4 is 0 Å². The number of aromatic amines is 1. The summed E-state index contributed by atoms with van der Waals surface area (Å²) in [4.78, 5) is 10.1. The first-order chi connectivity index (χ1) is 9.88. The third kappa shape index (κ3) is 5.63. The van der Waals surface area contributed by atoms with E-state index in [1.54, 1.807) is 0 Å². The molecule has 1 aromatic rings. The molecule has 20 heavy (non-hydrogen) atoms. The third-order valence-corrected chi connectivity index (χ3v) is 4.47. The Morgan fingerprint density at radius 3 is 2.75 bits per heavy atom. The number of nitrogens with one attached hydrogen (secondary N) is 1. The minimum Gasteiger partial charge on any atom is -0.349 e. The van der Waals surface area contributed by atoms with Crippen molar-refractivity contribution in [2.75, 3.05) is 26.2 Å². The SMILES string of the molecule is NCCCCC1CCN(CCCCc2ncc[nH]2)CC1. The first-order valence-corrected chi connectivity index (χ1v) is 8.29. The highest BCUT2D eigenvalue weighted by Gasteiger charge is 2.18. The monoisotopic (exact) mass is 278 g/mol. The summed E-state index contributed by atoms with van der Waals surface area (Å²) >= 11 is 0. The van der Waals surface area contributed by atoms with Gasteiger partial charge < -0.3 is 15.6 Å². The van der Waals surface area contributed by atoms with Crippen molar-refractivity contribution < 1.29 is 0 Å². The predicted molar refractivity (Wildman–Crippen MR) is 83.6 cm³/mol. The van der Waals surface area contributed by atoms with Gasteiger partial charge in [-0.3, -0.25) is 0 Å². The van der Waals surface area contributed by atoms with Crippen LogP contribution in [0.3, 0.4) is 0 Å². The third-order valence-electron chi connectivity index (χ3n) is 4.47. The zero-order valence-electron chi connectivity index (χ0n) is 12.7. The lowest BCUT2D eigenvalue weighted by Gasteiger charge is -2.32. The number of piperidine rings is 1. The molecular formula is C16H30N4. The molecule has 1 aliphatic heterocycles. The van der Waals surface area contributed by atoms with Crippen LogP contribution in [-0.4, -0.2) is 41.0 Å². The number of aryl methyl sites for hydroxylation is 1. The fourth-order valence-corrected chi connectivity index (χ4v) is 3.14. The van der Waals surface area contributed by atoms with Crippen LogP contribution in [-0.2, 0) is 6.42 Å². The van der Waals surface area contributed by atoms with E-state index >= 15 is 0 Å². The number of imidazole rings is 1. The molecule has 2 heterocycles. The highest BCUT2D eigenvalue weighted by molar-refractivity contribution is 4.86. The molecule has 1 saturated heterocycles. The molecule has 0 atom stereocenters. The van der Waals surface area contributed by atoms with E-state index in [9.17, 15) is 0 Å². The first-order valence-electron chi connectivity index (χ1n) is 8.29. The van der Waals surface area contributed by atoms with Crippen molar-refractivity contribution in [2.24, 2.45) is 11.7 Å². The van der Waals surface area contributed by atoms with Crippen LogP contribution in [0, 0.1) is 5.92 Å². The van der Waals surface area contributed by atoms with Gasteiger partial charge in [0.15, 0.2) is 0 Å². The van der Waals surface area contributed by atoms with Gasteiger partial charge in [-0.2, -0.15) is 0 Å². The van der Waals surface area contributed by atoms with Gasteiger partial charge >= 0.3 is 0 Å². The van der Waals surface area contributed by atoms with E-state index in [0.717, 1.165) is 24.7 Å². The van der Waals surface area contributed by atoms with Gasteiger partial charge in [0.05, 0.1) is 0 Å². The Bertz CT molecular complexity index is 328. The number of aromatic nitrogens is 2. The van der Waals surface area contributed by atoms with E-state index in [-0.39, 0.29) is 0 Å². The van der Waals surface area contributed by atoms with Crippen molar-refractivity contribution in [1.29, 1.82) is 0 Å². The van der Waals surface area contributed by atoms with Gasteiger partial charge in [-0.05, 0) is 64.2 Å². The number of hydrogen-bond acceptors (Lipinski definition) is 3. The molecule has 1 fully saturated rings. The Hall–Kier alpha value is -0.870. The van der Waals surface area contributed by atoms with Gasteiger partial charge in [-0.25, -0.2) is 4.98 Å². The lowest BCUT2D eigenvalue weighted by Crippen LogP contribution is -2.34. The molecule has 0 amide bonds. The Kier molecular flexibility index (Phi) is 7.09. The lowest BCUT2D eigenvalue weighted by molar-refractivity contribution is 0.175. The maximum Gasteiger partial charge on any atom is 0.105 e. The zero-order chi connectivity index (χ0) is 14.0. The smallest absolute Gasteiger partial charge is 0.105 e. The number of nitrogens with zero attached hydrogens (tertiary/aromatic N) is 2. The maximum atomic E-state index is 5.55. The van der Waals surface area contributed by atoms with Crippen molar-refractivity contribution in [3.63, 3.8) is 0 Å². The molecule has 0 saturated carbocycles. The Morgan fingerprint density at radius 2 is 2.05 bits per heavy atom. The van der Waals surface area contributed by atoms with Crippen LogP contribution in [0.15, 0.2) is 12.4 Å². The van der Waals surface area contributed by atoms with Gasteiger partial charge in [0.25, 0.3) is 0 Å². The first kappa shape index (κ1) is 15.5. The molecule has 1 aromatic heterocycles. The van der Waals surface area contributed by atoms with E-state index in [2.05, 4.69) is 14.9 Å². The topological polar surface area (TPSA) is 57.9 Å². The number of likely N-dealkylation sites (tertiary alicyclic amines) is 1. The minimum absolute atomic E-state index is 0.856. The van der Waals surface area contributed by atoms with Crippen molar-refractivity contribution in [1.82, 2.24) is 14.9 Å². The van der Waals surface area contributed by atoms with E-state index < -0.39 is 0 Å². The van der Waals surface area contributed by atoms with E-state index in [1.807, 2.05) is 12.4 Å². The maximum absolute atomic E-state index is 5.55. The largest absolute Gasteiger partial charge is 0.349 e. The Balaban J connectivity index is 1.49. The summed E-state index contributed by atoms with van der Waals surface area (Å²) in [6.45, 7) is 4.72. The van der Waals surface area contributed by atoms with Crippen LogP contribution in [0.5, 0.6) is 0 Å². The average molecular weight is 278 g/mol. The summed E-state index contributed by atoms with van der Waals surface area (Å²) in [5, 5.41) is 0. The second-order valence-electron chi connectivity index (χ2n) is 6.06. The van der Waals surface area contributed by atoms with Gasteiger partial charge in [0, 0.05) is 18.8 Å². The predicted octanol–water partition coefficient (Wildman–Crippen LogP) is 2.57. The quantitative estimate of drug-likeness (QED) is 0.683. The van der Waals surface area contributed by atoms with Crippen LogP contribution in [0.4, 0.5) is 0 Å². The molecule has 114 valence electrons. The molecule has 0 radical (unpaired) electrons. The lowest BCUT2D eigenvalue weighted by atomic mass is 9.91. The molecule has 0 spiro atoms. The molecule has 1 aliphatic rings. The highest BCUT2D eigenvalue weighted by atomic mass is 15.1. The standard InChI is InChI=1S/C16H30N4/c17-9-3-1-5-15-7-13-20(14-8-15)12-4-2-6-16-18-10-11-19-16/h10-11,15H,1-9,12-14,17H2,(H,18,19). The van der Waals surface area contributed by atoms with E-state index in [1.165, 1.54) is 64.6 Å². The van der Waals surface area contributed by atoms with Crippen molar-refractivity contribution in [2.45, 2.75) is 51.4 Å². The van der Waals surface area contributed by atoms with E-state index in [4.69, 9.17) is 5.73 Å². The fraction of sp³-hybridized carbons (Fsp3) is 0.812. The molecule has 4 nitrogen and oxygen atoms in total. The summed E-state index contributed by atoms with van der Waals surface area (Å²) < 4.78 is 0. The fourth-order valence-electron chi connectivity index (χ4n) is 3.14. The summed E-state index contributed by atoms with van der Waals surface area (Å²) in [7, 11) is 0. The van der Waals surface area contributed by atoms with Crippen molar-refractivity contribution in [3.05, 3.63) is 18.2 Å². The molecular weight excluding hydrogens is 248 g/mol. The van der Waals surface area contributed by atoms with Gasteiger partial charge in [-0.15, -0.1) is 0 Å². The van der Waals surface area contributed by atoms with E-state index in [0.29, 0.717) is 0 Å².